The molecule has 0 aliphatic carbocycles. The first-order valence-corrected chi connectivity index (χ1v) is 4.96. The molecule has 1 atom stereocenters. The fourth-order valence-electron chi connectivity index (χ4n) is 1.50. The van der Waals surface area contributed by atoms with Crippen LogP contribution < -0.4 is 5.73 Å². The molecular formula is C10H5F10N. The molecule has 1 nitrogen and oxygen atoms in total. The zero-order valence-electron chi connectivity index (χ0n) is 9.59. The van der Waals surface area contributed by atoms with E-state index in [1.165, 1.54) is 0 Å². The third kappa shape index (κ3) is 3.77. The van der Waals surface area contributed by atoms with Crippen molar-refractivity contribution in [3.05, 3.63) is 34.6 Å². The van der Waals surface area contributed by atoms with Gasteiger partial charge >= 0.3 is 18.5 Å². The first kappa shape index (κ1) is 17.5. The smallest absolute Gasteiger partial charge is 0.316 e. The van der Waals surface area contributed by atoms with Crippen LogP contribution in [0.15, 0.2) is 12.1 Å². The van der Waals surface area contributed by atoms with Crippen LogP contribution in [0.3, 0.4) is 0 Å². The van der Waals surface area contributed by atoms with E-state index in [0.717, 1.165) is 0 Å². The molecule has 0 saturated heterocycles. The molecule has 1 aromatic carbocycles. The van der Waals surface area contributed by atoms with Crippen LogP contribution >= 0.6 is 0 Å². The number of alkyl halides is 9. The van der Waals surface area contributed by atoms with Crippen molar-refractivity contribution in [2.45, 2.75) is 24.6 Å². The van der Waals surface area contributed by atoms with Gasteiger partial charge in [0.2, 0.25) is 0 Å². The first-order valence-electron chi connectivity index (χ1n) is 4.96. The van der Waals surface area contributed by atoms with Crippen molar-refractivity contribution >= 4 is 0 Å². The fraction of sp³-hybridized carbons (Fsp3) is 0.400. The van der Waals surface area contributed by atoms with Crippen LogP contribution in [0.1, 0.15) is 22.7 Å². The Bertz CT molecular complexity index is 524. The lowest BCUT2D eigenvalue weighted by Gasteiger charge is -2.22. The molecule has 21 heavy (non-hydrogen) atoms. The number of nitrogens with two attached hydrogens (primary N) is 1. The number of halogens is 10. The molecular weight excluding hydrogens is 324 g/mol. The predicted octanol–water partition coefficient (Wildman–Crippen LogP) is 4.43. The molecule has 0 aliphatic heterocycles. The molecule has 0 heterocycles. The van der Waals surface area contributed by atoms with E-state index in [2.05, 4.69) is 5.73 Å². The lowest BCUT2D eigenvalue weighted by molar-refractivity contribution is -0.157. The largest absolute Gasteiger partial charge is 0.416 e. The lowest BCUT2D eigenvalue weighted by atomic mass is 9.96. The van der Waals surface area contributed by atoms with Crippen LogP contribution in [0.5, 0.6) is 0 Å². The monoisotopic (exact) mass is 329 g/mol. The summed E-state index contributed by atoms with van der Waals surface area (Å²) in [5.74, 6) is -2.33. The van der Waals surface area contributed by atoms with Crippen LogP contribution in [0.2, 0.25) is 0 Å². The van der Waals surface area contributed by atoms with Gasteiger partial charge in [0.1, 0.15) is 11.9 Å². The molecule has 1 aromatic rings. The average molecular weight is 329 g/mol. The lowest BCUT2D eigenvalue weighted by Crippen LogP contribution is -2.32. The van der Waals surface area contributed by atoms with Crippen molar-refractivity contribution in [3.63, 3.8) is 0 Å². The van der Waals surface area contributed by atoms with Gasteiger partial charge in [-0.25, -0.2) is 4.39 Å². The van der Waals surface area contributed by atoms with Gasteiger partial charge < -0.3 is 5.73 Å². The highest BCUT2D eigenvalue weighted by molar-refractivity contribution is 5.39. The summed E-state index contributed by atoms with van der Waals surface area (Å²) in [6, 6.07) is -4.48. The van der Waals surface area contributed by atoms with Crippen molar-refractivity contribution in [3.8, 4) is 0 Å². The van der Waals surface area contributed by atoms with E-state index >= 15 is 0 Å². The van der Waals surface area contributed by atoms with E-state index in [1.807, 2.05) is 0 Å². The Morgan fingerprint density at radius 3 is 1.62 bits per heavy atom. The highest BCUT2D eigenvalue weighted by atomic mass is 19.4. The van der Waals surface area contributed by atoms with Crippen LogP contribution in [-0.4, -0.2) is 6.18 Å². The Labute approximate surface area is 110 Å². The van der Waals surface area contributed by atoms with Gasteiger partial charge in [0.15, 0.2) is 0 Å². The van der Waals surface area contributed by atoms with Gasteiger partial charge in [0, 0.05) is 5.56 Å². The molecule has 0 aromatic heterocycles. The Morgan fingerprint density at radius 2 is 1.29 bits per heavy atom. The molecule has 11 heteroatoms. The minimum Gasteiger partial charge on any atom is -0.316 e. The van der Waals surface area contributed by atoms with E-state index < -0.39 is 59.2 Å². The normalized spacial score (nSPS) is 15.2. The first-order chi connectivity index (χ1) is 9.15. The molecule has 2 N–H and O–H groups in total. The average Bonchev–Trinajstić information content (AvgIpc) is 2.23. The van der Waals surface area contributed by atoms with Gasteiger partial charge in [-0.15, -0.1) is 0 Å². The minimum absolute atomic E-state index is 0.462. The fourth-order valence-corrected chi connectivity index (χ4v) is 1.50. The van der Waals surface area contributed by atoms with Crippen LogP contribution in [0, 0.1) is 5.82 Å². The molecule has 0 radical (unpaired) electrons. The van der Waals surface area contributed by atoms with Gasteiger partial charge in [-0.1, -0.05) is 0 Å². The summed E-state index contributed by atoms with van der Waals surface area (Å²) in [5, 5.41) is 0. The second-order valence-corrected chi connectivity index (χ2v) is 3.93. The number of hydrogen-bond acceptors (Lipinski definition) is 1. The molecule has 0 spiro atoms. The predicted molar refractivity (Wildman–Crippen MR) is 49.4 cm³/mol. The van der Waals surface area contributed by atoms with Crippen molar-refractivity contribution in [2.24, 2.45) is 5.73 Å². The maximum Gasteiger partial charge on any atom is 0.416 e. The quantitative estimate of drug-likeness (QED) is 0.758. The molecule has 0 unspecified atom stereocenters. The van der Waals surface area contributed by atoms with Gasteiger partial charge in [0.25, 0.3) is 0 Å². The highest BCUT2D eigenvalue weighted by Gasteiger charge is 2.47. The summed E-state index contributed by atoms with van der Waals surface area (Å²) in [5.41, 5.74) is -2.08. The topological polar surface area (TPSA) is 26.0 Å². The summed E-state index contributed by atoms with van der Waals surface area (Å²) in [4.78, 5) is 0. The van der Waals surface area contributed by atoms with E-state index in [0.29, 0.717) is 0 Å². The summed E-state index contributed by atoms with van der Waals surface area (Å²) >= 11 is 0. The van der Waals surface area contributed by atoms with Gasteiger partial charge in [-0.2, -0.15) is 39.5 Å². The van der Waals surface area contributed by atoms with Crippen molar-refractivity contribution < 1.29 is 43.9 Å². The summed E-state index contributed by atoms with van der Waals surface area (Å²) < 4.78 is 125. The van der Waals surface area contributed by atoms with E-state index in [1.54, 1.807) is 0 Å². The number of hydrogen-bond donors (Lipinski definition) is 1. The number of benzene rings is 1. The van der Waals surface area contributed by atoms with Crippen molar-refractivity contribution in [2.75, 3.05) is 0 Å². The third-order valence-electron chi connectivity index (χ3n) is 2.43. The van der Waals surface area contributed by atoms with Crippen LogP contribution in [-0.2, 0) is 12.4 Å². The summed E-state index contributed by atoms with van der Waals surface area (Å²) in [7, 11) is 0. The molecule has 0 saturated carbocycles. The second-order valence-electron chi connectivity index (χ2n) is 3.93. The van der Waals surface area contributed by atoms with Crippen LogP contribution in [0.25, 0.3) is 0 Å². The van der Waals surface area contributed by atoms with E-state index in [4.69, 9.17) is 0 Å². The van der Waals surface area contributed by atoms with Gasteiger partial charge in [-0.3, -0.25) is 0 Å². The second kappa shape index (κ2) is 5.04. The summed E-state index contributed by atoms with van der Waals surface area (Å²) in [6.45, 7) is 0. The Morgan fingerprint density at radius 1 is 0.810 bits per heavy atom. The number of rotatable bonds is 1. The molecule has 0 bridgehead atoms. The van der Waals surface area contributed by atoms with Crippen LogP contribution in [0.4, 0.5) is 43.9 Å². The zero-order valence-corrected chi connectivity index (χ0v) is 9.59. The molecule has 0 fully saturated rings. The van der Waals surface area contributed by atoms with Crippen molar-refractivity contribution in [1.82, 2.24) is 0 Å². The molecule has 0 aliphatic rings. The Balaban J connectivity index is 3.66. The van der Waals surface area contributed by atoms with Gasteiger partial charge in [0.05, 0.1) is 11.1 Å². The summed E-state index contributed by atoms with van der Waals surface area (Å²) in [6.07, 6.45) is -16.5. The zero-order chi connectivity index (χ0) is 16.8. The SMILES string of the molecule is N[C@@H](c1c(F)cc(C(F)(F)F)cc1C(F)(F)F)C(F)(F)F. The Kier molecular flexibility index (Phi) is 4.21. The Hall–Kier alpha value is -1.52. The van der Waals surface area contributed by atoms with E-state index in [9.17, 15) is 43.9 Å². The van der Waals surface area contributed by atoms with Gasteiger partial charge in [-0.05, 0) is 12.1 Å². The standard InChI is InChI=1S/C10H5F10N/c11-5-2-3(8(12,13)14)1-4(9(15,16)17)6(5)7(21)10(18,19)20/h1-2,7H,21H2/t7-/m0/s1. The minimum atomic E-state index is -5.64. The maximum absolute atomic E-state index is 13.4. The molecule has 120 valence electrons. The molecule has 1 rings (SSSR count). The van der Waals surface area contributed by atoms with E-state index in [-0.39, 0.29) is 0 Å². The highest BCUT2D eigenvalue weighted by Crippen LogP contribution is 2.43. The third-order valence-corrected chi connectivity index (χ3v) is 2.43. The van der Waals surface area contributed by atoms with Crippen molar-refractivity contribution in [1.29, 1.82) is 0 Å². The maximum atomic E-state index is 13.4. The molecule has 0 amide bonds.